The fraction of sp³-hybridized carbons (Fsp3) is 0.600. The number of aryl methyl sites for hydroxylation is 2. The summed E-state index contributed by atoms with van der Waals surface area (Å²) in [5.74, 6) is 0. The van der Waals surface area contributed by atoms with Crippen molar-refractivity contribution in [3.63, 3.8) is 0 Å². The van der Waals surface area contributed by atoms with E-state index in [0.717, 1.165) is 0 Å². The number of rotatable bonds is 17. The van der Waals surface area contributed by atoms with Crippen molar-refractivity contribution in [1.82, 2.24) is 0 Å². The molecule has 0 aromatic heterocycles. The lowest BCUT2D eigenvalue weighted by atomic mass is 9.91. The third-order valence-electron chi connectivity index (χ3n) is 6.42. The van der Waals surface area contributed by atoms with Crippen molar-refractivity contribution in [2.45, 2.75) is 117 Å². The first-order valence-electron chi connectivity index (χ1n) is 13.0. The third kappa shape index (κ3) is 9.50. The van der Waals surface area contributed by atoms with E-state index in [9.17, 15) is 0 Å². The van der Waals surface area contributed by atoms with Crippen LogP contribution in [0.4, 0.5) is 0 Å². The molecule has 0 saturated heterocycles. The molecule has 2 aromatic rings. The molecular weight excluding hydrogens is 360 g/mol. The van der Waals surface area contributed by atoms with Crippen LogP contribution >= 0.6 is 0 Å². The van der Waals surface area contributed by atoms with Gasteiger partial charge in [-0.15, -0.1) is 0 Å². The summed E-state index contributed by atoms with van der Waals surface area (Å²) in [4.78, 5) is 0. The highest BCUT2D eigenvalue weighted by molar-refractivity contribution is 5.70. The van der Waals surface area contributed by atoms with Gasteiger partial charge in [-0.05, 0) is 47.9 Å². The zero-order chi connectivity index (χ0) is 21.3. The molecule has 0 atom stereocenters. The Kier molecular flexibility index (Phi) is 13.3. The monoisotopic (exact) mass is 406 g/mol. The van der Waals surface area contributed by atoms with Crippen LogP contribution in [0.1, 0.15) is 115 Å². The third-order valence-corrected chi connectivity index (χ3v) is 6.42. The van der Waals surface area contributed by atoms with Crippen LogP contribution in [0.15, 0.2) is 48.5 Å². The quantitative estimate of drug-likeness (QED) is 0.229. The van der Waals surface area contributed by atoms with Crippen LogP contribution in [0.5, 0.6) is 0 Å². The van der Waals surface area contributed by atoms with Gasteiger partial charge in [-0.25, -0.2) is 0 Å². The van der Waals surface area contributed by atoms with E-state index in [2.05, 4.69) is 62.4 Å². The highest BCUT2D eigenvalue weighted by atomic mass is 14.1. The van der Waals surface area contributed by atoms with Gasteiger partial charge in [0.2, 0.25) is 0 Å². The molecule has 0 unspecified atom stereocenters. The van der Waals surface area contributed by atoms with Gasteiger partial charge in [0.1, 0.15) is 0 Å². The number of hydrogen-bond acceptors (Lipinski definition) is 0. The number of unbranched alkanes of at least 4 members (excludes halogenated alkanes) is 12. The minimum absolute atomic E-state index is 1.22. The molecule has 0 fully saturated rings. The van der Waals surface area contributed by atoms with Crippen LogP contribution in [0.3, 0.4) is 0 Å². The molecular formula is C30H46. The Hall–Kier alpha value is -1.56. The Morgan fingerprint density at radius 3 is 1.13 bits per heavy atom. The number of hydrogen-bond donors (Lipinski definition) is 0. The Labute approximate surface area is 187 Å². The first-order chi connectivity index (χ1) is 14.9. The van der Waals surface area contributed by atoms with Crippen LogP contribution in [0.2, 0.25) is 0 Å². The highest BCUT2D eigenvalue weighted by Crippen LogP contribution is 2.29. The molecule has 0 amide bonds. The van der Waals surface area contributed by atoms with E-state index in [-0.39, 0.29) is 0 Å². The van der Waals surface area contributed by atoms with Gasteiger partial charge in [-0.3, -0.25) is 0 Å². The molecule has 2 rings (SSSR count). The Balaban J connectivity index is 1.87. The average Bonchev–Trinajstić information content (AvgIpc) is 2.78. The van der Waals surface area contributed by atoms with E-state index < -0.39 is 0 Å². The van der Waals surface area contributed by atoms with Gasteiger partial charge >= 0.3 is 0 Å². The fourth-order valence-electron chi connectivity index (χ4n) is 4.55. The molecule has 166 valence electrons. The summed E-state index contributed by atoms with van der Waals surface area (Å²) in [6.07, 6.45) is 21.8. The maximum Gasteiger partial charge on any atom is -0.0149 e. The molecule has 0 saturated carbocycles. The van der Waals surface area contributed by atoms with Crippen molar-refractivity contribution in [1.29, 1.82) is 0 Å². The standard InChI is InChI=1S/C30H46/c1-3-5-7-9-11-13-15-21-27-23-17-19-25-29(27)30-26-20-18-24-28(30)22-16-14-12-10-8-6-4-2/h17-20,23-26H,3-16,21-22H2,1-2H3. The van der Waals surface area contributed by atoms with Crippen molar-refractivity contribution in [2.75, 3.05) is 0 Å². The average molecular weight is 407 g/mol. The predicted octanol–water partition coefficient (Wildman–Crippen LogP) is 9.94. The van der Waals surface area contributed by atoms with Crippen LogP contribution < -0.4 is 0 Å². The van der Waals surface area contributed by atoms with Crippen molar-refractivity contribution in [3.8, 4) is 11.1 Å². The van der Waals surface area contributed by atoms with Gasteiger partial charge in [0.05, 0.1) is 0 Å². The minimum Gasteiger partial charge on any atom is -0.0654 e. The van der Waals surface area contributed by atoms with Gasteiger partial charge in [0.15, 0.2) is 0 Å². The summed E-state index contributed by atoms with van der Waals surface area (Å²) in [5.41, 5.74) is 6.03. The second kappa shape index (κ2) is 16.2. The zero-order valence-electron chi connectivity index (χ0n) is 19.9. The molecule has 0 aliphatic carbocycles. The molecule has 2 aromatic carbocycles. The molecule has 0 bridgehead atoms. The van der Waals surface area contributed by atoms with Gasteiger partial charge in [0, 0.05) is 0 Å². The Morgan fingerprint density at radius 1 is 0.400 bits per heavy atom. The van der Waals surface area contributed by atoms with Gasteiger partial charge in [-0.2, -0.15) is 0 Å². The summed E-state index contributed by atoms with van der Waals surface area (Å²) < 4.78 is 0. The van der Waals surface area contributed by atoms with E-state index in [4.69, 9.17) is 0 Å². The molecule has 0 heteroatoms. The summed E-state index contributed by atoms with van der Waals surface area (Å²) in [6, 6.07) is 18.3. The molecule has 0 radical (unpaired) electrons. The summed E-state index contributed by atoms with van der Waals surface area (Å²) in [7, 11) is 0. The summed E-state index contributed by atoms with van der Waals surface area (Å²) in [5, 5.41) is 0. The van der Waals surface area contributed by atoms with Crippen LogP contribution in [0, 0.1) is 0 Å². The molecule has 0 aliphatic heterocycles. The van der Waals surface area contributed by atoms with Gasteiger partial charge in [0.25, 0.3) is 0 Å². The van der Waals surface area contributed by atoms with E-state index in [1.165, 1.54) is 125 Å². The molecule has 0 nitrogen and oxygen atoms in total. The minimum atomic E-state index is 1.22. The normalized spacial score (nSPS) is 11.1. The summed E-state index contributed by atoms with van der Waals surface area (Å²) in [6.45, 7) is 4.59. The maximum absolute atomic E-state index is 2.36. The summed E-state index contributed by atoms with van der Waals surface area (Å²) >= 11 is 0. The first kappa shape index (κ1) is 24.7. The lowest BCUT2D eigenvalue weighted by Crippen LogP contribution is -1.95. The topological polar surface area (TPSA) is 0 Å². The van der Waals surface area contributed by atoms with E-state index in [1.807, 2.05) is 0 Å². The molecule has 0 heterocycles. The maximum atomic E-state index is 2.36. The van der Waals surface area contributed by atoms with E-state index in [1.54, 1.807) is 0 Å². The van der Waals surface area contributed by atoms with Crippen LogP contribution in [0.25, 0.3) is 11.1 Å². The number of benzene rings is 2. The SMILES string of the molecule is CCCCCCCCCc1ccccc1-c1ccccc1CCCCCCCCC. The van der Waals surface area contributed by atoms with Gasteiger partial charge < -0.3 is 0 Å². The van der Waals surface area contributed by atoms with E-state index >= 15 is 0 Å². The fourth-order valence-corrected chi connectivity index (χ4v) is 4.55. The van der Waals surface area contributed by atoms with Crippen LogP contribution in [-0.4, -0.2) is 0 Å². The Morgan fingerprint density at radius 2 is 0.733 bits per heavy atom. The molecule has 0 N–H and O–H groups in total. The molecule has 30 heavy (non-hydrogen) atoms. The highest BCUT2D eigenvalue weighted by Gasteiger charge is 2.09. The van der Waals surface area contributed by atoms with Crippen LogP contribution in [-0.2, 0) is 12.8 Å². The molecule has 0 spiro atoms. The second-order valence-electron chi connectivity index (χ2n) is 9.06. The molecule has 0 aliphatic rings. The predicted molar refractivity (Wildman–Crippen MR) is 135 cm³/mol. The van der Waals surface area contributed by atoms with Crippen molar-refractivity contribution in [2.24, 2.45) is 0 Å². The largest absolute Gasteiger partial charge is 0.0654 e. The second-order valence-corrected chi connectivity index (χ2v) is 9.06. The smallest absolute Gasteiger partial charge is 0.0149 e. The first-order valence-corrected chi connectivity index (χ1v) is 13.0. The lowest BCUT2D eigenvalue weighted by Gasteiger charge is -2.14. The van der Waals surface area contributed by atoms with E-state index in [0.29, 0.717) is 0 Å². The van der Waals surface area contributed by atoms with Gasteiger partial charge in [-0.1, -0.05) is 139 Å². The van der Waals surface area contributed by atoms with Crippen molar-refractivity contribution >= 4 is 0 Å². The lowest BCUT2D eigenvalue weighted by molar-refractivity contribution is 0.589. The zero-order valence-corrected chi connectivity index (χ0v) is 19.9. The van der Waals surface area contributed by atoms with Crippen molar-refractivity contribution < 1.29 is 0 Å². The Bertz CT molecular complexity index is 610. The van der Waals surface area contributed by atoms with Crippen molar-refractivity contribution in [3.05, 3.63) is 59.7 Å².